The number of benzene rings is 3. The van der Waals surface area contributed by atoms with Gasteiger partial charge in [0.25, 0.3) is 17.7 Å². The zero-order valence-electron chi connectivity index (χ0n) is 19.7. The van der Waals surface area contributed by atoms with E-state index in [0.717, 1.165) is 17.0 Å². The molecule has 1 fully saturated rings. The number of likely N-dealkylation sites (tertiary alicyclic amines) is 1. The fourth-order valence-corrected chi connectivity index (χ4v) is 5.50. The Hall–Kier alpha value is -4.26. The summed E-state index contributed by atoms with van der Waals surface area (Å²) in [5, 5.41) is 0. The van der Waals surface area contributed by atoms with Gasteiger partial charge >= 0.3 is 0 Å². The second-order valence-electron chi connectivity index (χ2n) is 9.48. The minimum atomic E-state index is -0.386. The van der Waals surface area contributed by atoms with E-state index in [0.29, 0.717) is 54.9 Å². The van der Waals surface area contributed by atoms with Crippen molar-refractivity contribution in [1.29, 1.82) is 0 Å². The molecule has 7 nitrogen and oxygen atoms in total. The number of nitrogens with zero attached hydrogens (tertiary/aromatic N) is 3. The van der Waals surface area contributed by atoms with E-state index >= 15 is 0 Å². The summed E-state index contributed by atoms with van der Waals surface area (Å²) >= 11 is 0. The standard InChI is InChI=1S/C29H25N3O4/c33-26(21-7-5-8-22(18-21)32-28(35)23-9-2-3-10-24(23)29(32)36)30-15-12-20(13-16-30)27(34)31-17-14-19-6-1-4-11-25(19)31/h1-11,18,20H,12-17H2. The summed E-state index contributed by atoms with van der Waals surface area (Å²) in [5.41, 5.74) is 3.74. The van der Waals surface area contributed by atoms with Crippen LogP contribution in [0.4, 0.5) is 11.4 Å². The van der Waals surface area contributed by atoms with E-state index in [1.165, 1.54) is 5.56 Å². The van der Waals surface area contributed by atoms with E-state index in [2.05, 4.69) is 6.07 Å². The van der Waals surface area contributed by atoms with E-state index in [-0.39, 0.29) is 29.5 Å². The normalized spacial score (nSPS) is 17.4. The van der Waals surface area contributed by atoms with E-state index in [4.69, 9.17) is 0 Å². The maximum Gasteiger partial charge on any atom is 0.266 e. The molecule has 0 aromatic heterocycles. The lowest BCUT2D eigenvalue weighted by Gasteiger charge is -2.33. The zero-order valence-corrected chi connectivity index (χ0v) is 19.7. The van der Waals surface area contributed by atoms with Gasteiger partial charge in [0, 0.05) is 36.8 Å². The summed E-state index contributed by atoms with van der Waals surface area (Å²) < 4.78 is 0. The SMILES string of the molecule is O=C(c1cccc(N2C(=O)c3ccccc3C2=O)c1)N1CCC(C(=O)N2CCc3ccccc32)CC1. The van der Waals surface area contributed by atoms with Gasteiger partial charge in [-0.05, 0) is 61.2 Å². The van der Waals surface area contributed by atoms with Crippen molar-refractivity contribution in [3.05, 3.63) is 95.1 Å². The monoisotopic (exact) mass is 479 g/mol. The number of piperidine rings is 1. The van der Waals surface area contributed by atoms with Crippen LogP contribution < -0.4 is 9.80 Å². The van der Waals surface area contributed by atoms with Crippen LogP contribution in [0.25, 0.3) is 0 Å². The molecular weight excluding hydrogens is 454 g/mol. The first-order chi connectivity index (χ1) is 17.5. The fraction of sp³-hybridized carbons (Fsp3) is 0.241. The quantitative estimate of drug-likeness (QED) is 0.534. The Bertz CT molecular complexity index is 1370. The van der Waals surface area contributed by atoms with Gasteiger partial charge in [-0.3, -0.25) is 19.2 Å². The Kier molecular flexibility index (Phi) is 5.40. The molecule has 3 aromatic carbocycles. The maximum absolute atomic E-state index is 13.3. The third-order valence-corrected chi connectivity index (χ3v) is 7.43. The second-order valence-corrected chi connectivity index (χ2v) is 9.48. The lowest BCUT2D eigenvalue weighted by Crippen LogP contribution is -2.44. The third-order valence-electron chi connectivity index (χ3n) is 7.43. The number of amides is 4. The van der Waals surface area contributed by atoms with Crippen molar-refractivity contribution in [1.82, 2.24) is 4.90 Å². The van der Waals surface area contributed by atoms with Crippen molar-refractivity contribution < 1.29 is 19.2 Å². The molecule has 0 aliphatic carbocycles. The predicted octanol–water partition coefficient (Wildman–Crippen LogP) is 3.93. The van der Waals surface area contributed by atoms with Gasteiger partial charge in [0.15, 0.2) is 0 Å². The van der Waals surface area contributed by atoms with Gasteiger partial charge in [-0.2, -0.15) is 0 Å². The van der Waals surface area contributed by atoms with Crippen molar-refractivity contribution in [3.8, 4) is 0 Å². The highest BCUT2D eigenvalue weighted by Crippen LogP contribution is 2.32. The lowest BCUT2D eigenvalue weighted by molar-refractivity contribution is -0.123. The van der Waals surface area contributed by atoms with Gasteiger partial charge in [0.2, 0.25) is 5.91 Å². The van der Waals surface area contributed by atoms with E-state index in [1.54, 1.807) is 53.4 Å². The van der Waals surface area contributed by atoms with Crippen LogP contribution in [0.1, 0.15) is 49.5 Å². The van der Waals surface area contributed by atoms with Gasteiger partial charge in [-0.25, -0.2) is 4.90 Å². The Balaban J connectivity index is 1.14. The van der Waals surface area contributed by atoms with Crippen molar-refractivity contribution >= 4 is 35.0 Å². The molecule has 3 heterocycles. The summed E-state index contributed by atoms with van der Waals surface area (Å²) in [7, 11) is 0. The number of rotatable bonds is 3. The molecule has 0 saturated carbocycles. The summed E-state index contributed by atoms with van der Waals surface area (Å²) in [5.74, 6) is -0.901. The molecule has 7 heteroatoms. The van der Waals surface area contributed by atoms with Crippen LogP contribution in [0, 0.1) is 5.92 Å². The topological polar surface area (TPSA) is 78.0 Å². The van der Waals surface area contributed by atoms with Crippen LogP contribution in [0.3, 0.4) is 0 Å². The first kappa shape index (κ1) is 22.2. The minimum Gasteiger partial charge on any atom is -0.339 e. The molecule has 3 aliphatic rings. The molecule has 3 aliphatic heterocycles. The van der Waals surface area contributed by atoms with Crippen LogP contribution >= 0.6 is 0 Å². The Morgan fingerprint density at radius 1 is 0.750 bits per heavy atom. The van der Waals surface area contributed by atoms with Crippen LogP contribution in [-0.4, -0.2) is 48.2 Å². The van der Waals surface area contributed by atoms with Crippen molar-refractivity contribution in [2.24, 2.45) is 5.92 Å². The maximum atomic E-state index is 13.3. The summed E-state index contributed by atoms with van der Waals surface area (Å²) in [6, 6.07) is 21.4. The molecule has 36 heavy (non-hydrogen) atoms. The van der Waals surface area contributed by atoms with Gasteiger partial charge in [0.1, 0.15) is 0 Å². The summed E-state index contributed by atoms with van der Waals surface area (Å²) in [6.45, 7) is 1.69. The molecule has 3 aromatic rings. The van der Waals surface area contributed by atoms with E-state index < -0.39 is 0 Å². The summed E-state index contributed by atoms with van der Waals surface area (Å²) in [4.78, 5) is 57.0. The average molecular weight is 480 g/mol. The van der Waals surface area contributed by atoms with Crippen LogP contribution in [0.2, 0.25) is 0 Å². The number of para-hydroxylation sites is 1. The molecule has 4 amide bonds. The molecule has 0 radical (unpaired) electrons. The first-order valence-corrected chi connectivity index (χ1v) is 12.3. The highest BCUT2D eigenvalue weighted by molar-refractivity contribution is 6.34. The number of anilines is 2. The van der Waals surface area contributed by atoms with E-state index in [1.807, 2.05) is 23.1 Å². The Morgan fingerprint density at radius 3 is 2.14 bits per heavy atom. The van der Waals surface area contributed by atoms with Crippen LogP contribution in [0.5, 0.6) is 0 Å². The van der Waals surface area contributed by atoms with E-state index in [9.17, 15) is 19.2 Å². The first-order valence-electron chi connectivity index (χ1n) is 12.3. The molecule has 0 bridgehead atoms. The zero-order chi connectivity index (χ0) is 24.8. The number of fused-ring (bicyclic) bond motifs is 2. The predicted molar refractivity (Wildman–Crippen MR) is 135 cm³/mol. The average Bonchev–Trinajstić information content (AvgIpc) is 3.47. The molecule has 0 spiro atoms. The van der Waals surface area contributed by atoms with Gasteiger partial charge in [-0.1, -0.05) is 36.4 Å². The number of hydrogen-bond donors (Lipinski definition) is 0. The van der Waals surface area contributed by atoms with Gasteiger partial charge < -0.3 is 9.80 Å². The van der Waals surface area contributed by atoms with Crippen LogP contribution in [-0.2, 0) is 11.2 Å². The number of hydrogen-bond acceptors (Lipinski definition) is 4. The number of carbonyl (C=O) groups excluding carboxylic acids is 4. The molecule has 0 atom stereocenters. The smallest absolute Gasteiger partial charge is 0.266 e. The van der Waals surface area contributed by atoms with Crippen LogP contribution in [0.15, 0.2) is 72.8 Å². The molecule has 6 rings (SSSR count). The molecule has 180 valence electrons. The largest absolute Gasteiger partial charge is 0.339 e. The van der Waals surface area contributed by atoms with Crippen molar-refractivity contribution in [2.75, 3.05) is 29.4 Å². The molecule has 0 N–H and O–H groups in total. The Morgan fingerprint density at radius 2 is 1.42 bits per heavy atom. The molecule has 0 unspecified atom stereocenters. The highest BCUT2D eigenvalue weighted by Gasteiger charge is 2.37. The second kappa shape index (κ2) is 8.75. The number of carbonyl (C=O) groups is 4. The molecule has 1 saturated heterocycles. The fourth-order valence-electron chi connectivity index (χ4n) is 5.50. The van der Waals surface area contributed by atoms with Gasteiger partial charge in [0.05, 0.1) is 16.8 Å². The lowest BCUT2D eigenvalue weighted by atomic mass is 9.94. The highest BCUT2D eigenvalue weighted by atomic mass is 16.2. The summed E-state index contributed by atoms with van der Waals surface area (Å²) in [6.07, 6.45) is 2.10. The number of imide groups is 1. The van der Waals surface area contributed by atoms with Crippen molar-refractivity contribution in [3.63, 3.8) is 0 Å². The minimum absolute atomic E-state index is 0.107. The van der Waals surface area contributed by atoms with Gasteiger partial charge in [-0.15, -0.1) is 0 Å². The third kappa shape index (κ3) is 3.59. The van der Waals surface area contributed by atoms with Crippen molar-refractivity contribution in [2.45, 2.75) is 19.3 Å². The Labute approximate surface area is 208 Å². The molecular formula is C29H25N3O4.